The van der Waals surface area contributed by atoms with Crippen molar-refractivity contribution in [1.29, 1.82) is 0 Å². The molecular formula is C8H12N4OS. The second-order valence-electron chi connectivity index (χ2n) is 3.32. The molecule has 0 spiro atoms. The lowest BCUT2D eigenvalue weighted by Crippen LogP contribution is -2.33. The van der Waals surface area contributed by atoms with Gasteiger partial charge < -0.3 is 10.2 Å². The molecule has 0 aliphatic carbocycles. The Bertz CT molecular complexity index is 313. The summed E-state index contributed by atoms with van der Waals surface area (Å²) in [4.78, 5) is 13.6. The van der Waals surface area contributed by atoms with Gasteiger partial charge >= 0.3 is 0 Å². The van der Waals surface area contributed by atoms with Crippen molar-refractivity contribution in [2.75, 3.05) is 20.1 Å². The van der Waals surface area contributed by atoms with Crippen molar-refractivity contribution in [3.8, 4) is 0 Å². The summed E-state index contributed by atoms with van der Waals surface area (Å²) in [6, 6.07) is 0.422. The third-order valence-electron chi connectivity index (χ3n) is 2.46. The minimum atomic E-state index is -0.00324. The van der Waals surface area contributed by atoms with Crippen molar-refractivity contribution in [2.24, 2.45) is 0 Å². The summed E-state index contributed by atoms with van der Waals surface area (Å²) in [6.07, 6.45) is 1.01. The molecule has 76 valence electrons. The van der Waals surface area contributed by atoms with Crippen LogP contribution in [0.25, 0.3) is 0 Å². The van der Waals surface area contributed by atoms with Crippen LogP contribution in [-0.2, 0) is 0 Å². The molecular weight excluding hydrogens is 200 g/mol. The number of likely N-dealkylation sites (tertiary alicyclic amines) is 1. The molecule has 1 aliphatic heterocycles. The molecule has 2 heterocycles. The van der Waals surface area contributed by atoms with E-state index in [4.69, 9.17) is 0 Å². The molecule has 1 N–H and O–H groups in total. The Hall–Kier alpha value is -1.01. The molecule has 0 saturated carbocycles. The van der Waals surface area contributed by atoms with Crippen LogP contribution in [0, 0.1) is 0 Å². The predicted molar refractivity (Wildman–Crippen MR) is 53.3 cm³/mol. The van der Waals surface area contributed by atoms with E-state index in [1.807, 2.05) is 11.9 Å². The number of nitrogens with one attached hydrogen (secondary N) is 1. The van der Waals surface area contributed by atoms with Crippen LogP contribution in [0.2, 0.25) is 0 Å². The quantitative estimate of drug-likeness (QED) is 0.748. The smallest absolute Gasteiger partial charge is 0.275 e. The number of carbonyl (C=O) groups excluding carboxylic acids is 1. The number of aromatic nitrogens is 2. The van der Waals surface area contributed by atoms with Gasteiger partial charge in [-0.05, 0) is 25.0 Å². The summed E-state index contributed by atoms with van der Waals surface area (Å²) in [6.45, 7) is 1.58. The fourth-order valence-electron chi connectivity index (χ4n) is 1.60. The molecule has 0 radical (unpaired) electrons. The standard InChI is InChI=1S/C8H12N4OS/c1-9-6-2-3-12(4-6)8(13)7-5-14-11-10-7/h5-6,9H,2-4H2,1H3. The van der Waals surface area contributed by atoms with E-state index >= 15 is 0 Å². The summed E-state index contributed by atoms with van der Waals surface area (Å²) >= 11 is 1.21. The molecule has 1 atom stereocenters. The Morgan fingerprint density at radius 3 is 3.21 bits per heavy atom. The van der Waals surface area contributed by atoms with Gasteiger partial charge in [-0.3, -0.25) is 4.79 Å². The molecule has 0 bridgehead atoms. The number of rotatable bonds is 2. The van der Waals surface area contributed by atoms with Gasteiger partial charge in [-0.25, -0.2) is 0 Å². The van der Waals surface area contributed by atoms with Gasteiger partial charge in [0, 0.05) is 24.5 Å². The molecule has 1 unspecified atom stereocenters. The Morgan fingerprint density at radius 2 is 2.64 bits per heavy atom. The normalized spacial score (nSPS) is 21.5. The second kappa shape index (κ2) is 4.02. The minimum absolute atomic E-state index is 0.00324. The largest absolute Gasteiger partial charge is 0.336 e. The molecule has 1 fully saturated rings. The first kappa shape index (κ1) is 9.54. The maximum absolute atomic E-state index is 11.8. The summed E-state index contributed by atoms with van der Waals surface area (Å²) in [7, 11) is 1.92. The van der Waals surface area contributed by atoms with Gasteiger partial charge in [0.2, 0.25) is 0 Å². The fourth-order valence-corrected chi connectivity index (χ4v) is 2.03. The van der Waals surface area contributed by atoms with Crippen LogP contribution in [0.3, 0.4) is 0 Å². The van der Waals surface area contributed by atoms with E-state index in [-0.39, 0.29) is 5.91 Å². The second-order valence-corrected chi connectivity index (χ2v) is 3.93. The van der Waals surface area contributed by atoms with E-state index in [0.29, 0.717) is 11.7 Å². The SMILES string of the molecule is CNC1CCN(C(=O)c2csnn2)C1. The van der Waals surface area contributed by atoms with Crippen molar-refractivity contribution < 1.29 is 4.79 Å². The van der Waals surface area contributed by atoms with Gasteiger partial charge in [-0.15, -0.1) is 5.10 Å². The molecule has 1 aromatic heterocycles. The number of likely N-dealkylation sites (N-methyl/N-ethyl adjacent to an activating group) is 1. The van der Waals surface area contributed by atoms with Crippen LogP contribution < -0.4 is 5.32 Å². The topological polar surface area (TPSA) is 58.1 Å². The number of nitrogens with zero attached hydrogens (tertiary/aromatic N) is 3. The highest BCUT2D eigenvalue weighted by Crippen LogP contribution is 2.12. The van der Waals surface area contributed by atoms with Gasteiger partial charge in [-0.2, -0.15) is 0 Å². The van der Waals surface area contributed by atoms with E-state index in [1.54, 1.807) is 5.38 Å². The summed E-state index contributed by atoms with van der Waals surface area (Å²) < 4.78 is 3.68. The molecule has 1 aromatic rings. The van der Waals surface area contributed by atoms with Crippen LogP contribution in [0.15, 0.2) is 5.38 Å². The molecule has 1 amide bonds. The first-order valence-corrected chi connectivity index (χ1v) is 5.38. The average molecular weight is 212 g/mol. The highest BCUT2D eigenvalue weighted by molar-refractivity contribution is 7.03. The maximum Gasteiger partial charge on any atom is 0.275 e. The van der Waals surface area contributed by atoms with Crippen LogP contribution in [0.4, 0.5) is 0 Å². The predicted octanol–water partition coefficient (Wildman–Crippen LogP) is -0.0280. The average Bonchev–Trinajstić information content (AvgIpc) is 2.88. The fraction of sp³-hybridized carbons (Fsp3) is 0.625. The number of hydrogen-bond donors (Lipinski definition) is 1. The molecule has 14 heavy (non-hydrogen) atoms. The maximum atomic E-state index is 11.8. The lowest BCUT2D eigenvalue weighted by molar-refractivity contribution is 0.0784. The van der Waals surface area contributed by atoms with E-state index < -0.39 is 0 Å². The third-order valence-corrected chi connectivity index (χ3v) is 2.97. The van der Waals surface area contributed by atoms with E-state index in [1.165, 1.54) is 11.5 Å². The Labute approximate surface area is 86.3 Å². The van der Waals surface area contributed by atoms with Gasteiger partial charge in [0.05, 0.1) is 0 Å². The Morgan fingerprint density at radius 1 is 1.79 bits per heavy atom. The highest BCUT2D eigenvalue weighted by Gasteiger charge is 2.26. The lowest BCUT2D eigenvalue weighted by atomic mass is 10.3. The van der Waals surface area contributed by atoms with E-state index in [9.17, 15) is 4.79 Å². The first-order valence-electron chi connectivity index (χ1n) is 4.55. The number of carbonyl (C=O) groups is 1. The van der Waals surface area contributed by atoms with Crippen LogP contribution in [0.5, 0.6) is 0 Å². The molecule has 2 rings (SSSR count). The summed E-state index contributed by atoms with van der Waals surface area (Å²) in [5.74, 6) is -0.00324. The van der Waals surface area contributed by atoms with Crippen LogP contribution in [-0.4, -0.2) is 46.6 Å². The van der Waals surface area contributed by atoms with Crippen molar-refractivity contribution >= 4 is 17.4 Å². The minimum Gasteiger partial charge on any atom is -0.336 e. The van der Waals surface area contributed by atoms with E-state index in [2.05, 4.69) is 14.9 Å². The van der Waals surface area contributed by atoms with Crippen molar-refractivity contribution in [3.05, 3.63) is 11.1 Å². The van der Waals surface area contributed by atoms with Crippen molar-refractivity contribution in [2.45, 2.75) is 12.5 Å². The Kier molecular flexibility index (Phi) is 2.74. The van der Waals surface area contributed by atoms with Crippen LogP contribution in [0.1, 0.15) is 16.9 Å². The molecule has 6 heteroatoms. The monoisotopic (exact) mass is 212 g/mol. The zero-order valence-corrected chi connectivity index (χ0v) is 8.75. The first-order chi connectivity index (χ1) is 6.81. The molecule has 5 nitrogen and oxygen atoms in total. The molecule has 1 aliphatic rings. The van der Waals surface area contributed by atoms with Gasteiger partial charge in [-0.1, -0.05) is 4.49 Å². The molecule has 1 saturated heterocycles. The number of amides is 1. The van der Waals surface area contributed by atoms with Gasteiger partial charge in [0.15, 0.2) is 5.69 Å². The molecule has 0 aromatic carbocycles. The van der Waals surface area contributed by atoms with Crippen molar-refractivity contribution in [1.82, 2.24) is 19.8 Å². The highest BCUT2D eigenvalue weighted by atomic mass is 32.1. The third kappa shape index (κ3) is 1.76. The van der Waals surface area contributed by atoms with Gasteiger partial charge in [0.25, 0.3) is 5.91 Å². The lowest BCUT2D eigenvalue weighted by Gasteiger charge is -2.14. The van der Waals surface area contributed by atoms with Crippen molar-refractivity contribution in [3.63, 3.8) is 0 Å². The van der Waals surface area contributed by atoms with E-state index in [0.717, 1.165) is 19.5 Å². The van der Waals surface area contributed by atoms with Crippen LogP contribution >= 0.6 is 11.5 Å². The van der Waals surface area contributed by atoms with Gasteiger partial charge in [0.1, 0.15) is 0 Å². The Balaban J connectivity index is 2.00. The summed E-state index contributed by atoms with van der Waals surface area (Å²) in [5, 5.41) is 8.62. The zero-order chi connectivity index (χ0) is 9.97. The zero-order valence-electron chi connectivity index (χ0n) is 7.93. The number of hydrogen-bond acceptors (Lipinski definition) is 5. The summed E-state index contributed by atoms with van der Waals surface area (Å²) in [5.41, 5.74) is 0.465.